The molecule has 0 saturated carbocycles. The van der Waals surface area contributed by atoms with E-state index in [0.717, 1.165) is 29.3 Å². The quantitative estimate of drug-likeness (QED) is 0.229. The van der Waals surface area contributed by atoms with Crippen molar-refractivity contribution in [2.75, 3.05) is 20.6 Å². The van der Waals surface area contributed by atoms with E-state index in [1.807, 2.05) is 72.8 Å². The molecule has 0 aliphatic heterocycles. The van der Waals surface area contributed by atoms with Gasteiger partial charge in [0.05, 0.1) is 30.9 Å². The van der Waals surface area contributed by atoms with Crippen molar-refractivity contribution in [3.63, 3.8) is 0 Å². The van der Waals surface area contributed by atoms with Gasteiger partial charge in [-0.1, -0.05) is 78.9 Å². The molecule has 4 aromatic rings. The van der Waals surface area contributed by atoms with E-state index in [0.29, 0.717) is 23.4 Å². The Labute approximate surface area is 194 Å². The molecule has 0 saturated heterocycles. The van der Waals surface area contributed by atoms with Crippen molar-refractivity contribution in [1.29, 1.82) is 0 Å². The summed E-state index contributed by atoms with van der Waals surface area (Å²) in [6.45, 7) is 0.703. The normalized spacial score (nSPS) is 11.5. The number of hydrogen-bond acceptors (Lipinski definition) is 3. The van der Waals surface area contributed by atoms with Crippen molar-refractivity contribution in [1.82, 2.24) is 10.3 Å². The first-order valence-electron chi connectivity index (χ1n) is 11.3. The number of nitrogens with one attached hydrogen (secondary N) is 1. The molecular weight excluding hydrogens is 410 g/mol. The van der Waals surface area contributed by atoms with Crippen LogP contribution in [-0.2, 0) is 13.0 Å². The van der Waals surface area contributed by atoms with E-state index < -0.39 is 4.65 Å². The molecule has 1 heterocycles. The van der Waals surface area contributed by atoms with Crippen LogP contribution in [0.3, 0.4) is 0 Å². The molecule has 0 aliphatic rings. The fraction of sp³-hybridized carbons (Fsp3) is 0.214. The van der Waals surface area contributed by atoms with Gasteiger partial charge in [-0.15, -0.1) is 0 Å². The Kier molecular flexibility index (Phi) is 6.82. The number of aryl methyl sites for hydroxylation is 1. The number of pyridine rings is 1. The van der Waals surface area contributed by atoms with E-state index >= 15 is 0 Å². The van der Waals surface area contributed by atoms with Gasteiger partial charge in [0.2, 0.25) is 0 Å². The van der Waals surface area contributed by atoms with Crippen LogP contribution < -0.4 is 5.32 Å². The average molecular weight is 440 g/mol. The van der Waals surface area contributed by atoms with E-state index in [-0.39, 0.29) is 12.5 Å². The van der Waals surface area contributed by atoms with E-state index in [9.17, 15) is 10.0 Å². The first-order valence-corrected chi connectivity index (χ1v) is 11.3. The number of benzene rings is 3. The Hall–Kier alpha value is -3.54. The van der Waals surface area contributed by atoms with Crippen LogP contribution in [0.4, 0.5) is 0 Å². The molecular formula is C28H29N3O2. The molecule has 168 valence electrons. The number of quaternary nitrogens is 1. The first-order chi connectivity index (χ1) is 15.9. The van der Waals surface area contributed by atoms with Crippen molar-refractivity contribution in [3.05, 3.63) is 107 Å². The number of para-hydroxylation sites is 1. The summed E-state index contributed by atoms with van der Waals surface area (Å²) >= 11 is 0. The molecule has 1 aromatic heterocycles. The van der Waals surface area contributed by atoms with Crippen LogP contribution in [0.1, 0.15) is 27.9 Å². The number of hydroxylamine groups is 3. The Morgan fingerprint density at radius 1 is 0.909 bits per heavy atom. The number of hydrogen-bond donors (Lipinski definition) is 1. The molecule has 0 radical (unpaired) electrons. The van der Waals surface area contributed by atoms with Gasteiger partial charge in [-0.25, -0.2) is 4.98 Å². The van der Waals surface area contributed by atoms with Crippen molar-refractivity contribution < 1.29 is 9.44 Å². The van der Waals surface area contributed by atoms with E-state index in [1.165, 1.54) is 5.56 Å². The zero-order valence-corrected chi connectivity index (χ0v) is 19.1. The molecule has 0 fully saturated rings. The summed E-state index contributed by atoms with van der Waals surface area (Å²) in [7, 11) is 3.18. The number of amides is 1. The van der Waals surface area contributed by atoms with Crippen molar-refractivity contribution >= 4 is 16.8 Å². The van der Waals surface area contributed by atoms with Crippen LogP contribution in [0.25, 0.3) is 22.2 Å². The van der Waals surface area contributed by atoms with Crippen LogP contribution in [0.5, 0.6) is 0 Å². The van der Waals surface area contributed by atoms with Crippen molar-refractivity contribution in [2.45, 2.75) is 19.4 Å². The predicted octanol–water partition coefficient (Wildman–Crippen LogP) is 5.34. The van der Waals surface area contributed by atoms with Gasteiger partial charge in [0.15, 0.2) is 0 Å². The molecule has 4 rings (SSSR count). The van der Waals surface area contributed by atoms with E-state index in [2.05, 4.69) is 17.4 Å². The predicted molar refractivity (Wildman–Crippen MR) is 133 cm³/mol. The highest BCUT2D eigenvalue weighted by atomic mass is 16.5. The number of carbonyl (C=O) groups excluding carboxylic acids is 1. The summed E-state index contributed by atoms with van der Waals surface area (Å²) in [6, 6.07) is 27.6. The second-order valence-corrected chi connectivity index (χ2v) is 8.77. The van der Waals surface area contributed by atoms with Gasteiger partial charge >= 0.3 is 0 Å². The number of fused-ring (bicyclic) bond motifs is 1. The van der Waals surface area contributed by atoms with Gasteiger partial charge in [0, 0.05) is 23.1 Å². The van der Waals surface area contributed by atoms with Gasteiger partial charge in [-0.3, -0.25) is 4.79 Å². The maximum atomic E-state index is 13.5. The van der Waals surface area contributed by atoms with Crippen molar-refractivity contribution in [3.8, 4) is 11.3 Å². The largest absolute Gasteiger partial charge is 0.633 e. The SMILES string of the molecule is C[N+](C)([O-])Cc1c(-c2ccccc2)nc2ccccc2c1C(=O)NCCCc1ccccc1. The molecule has 3 aromatic carbocycles. The third-order valence-electron chi connectivity index (χ3n) is 5.58. The first kappa shape index (κ1) is 22.6. The van der Waals surface area contributed by atoms with Crippen LogP contribution in [0.2, 0.25) is 0 Å². The van der Waals surface area contributed by atoms with E-state index in [4.69, 9.17) is 4.98 Å². The van der Waals surface area contributed by atoms with Gasteiger partial charge < -0.3 is 15.2 Å². The molecule has 1 N–H and O–H groups in total. The zero-order valence-electron chi connectivity index (χ0n) is 19.1. The number of aromatic nitrogens is 1. The Morgan fingerprint density at radius 3 is 2.24 bits per heavy atom. The lowest BCUT2D eigenvalue weighted by atomic mass is 9.95. The van der Waals surface area contributed by atoms with Crippen LogP contribution in [-0.4, -0.2) is 36.2 Å². The molecule has 0 atom stereocenters. The molecule has 0 spiro atoms. The monoisotopic (exact) mass is 439 g/mol. The van der Waals surface area contributed by atoms with Gasteiger partial charge in [-0.05, 0) is 24.5 Å². The Bertz CT molecular complexity index is 1230. The van der Waals surface area contributed by atoms with Crippen LogP contribution >= 0.6 is 0 Å². The lowest BCUT2D eigenvalue weighted by Crippen LogP contribution is -2.34. The average Bonchev–Trinajstić information content (AvgIpc) is 2.81. The lowest BCUT2D eigenvalue weighted by molar-refractivity contribution is -0.853. The second kappa shape index (κ2) is 9.94. The summed E-state index contributed by atoms with van der Waals surface area (Å²) in [5.74, 6) is -0.165. The maximum Gasteiger partial charge on any atom is 0.252 e. The van der Waals surface area contributed by atoms with Crippen molar-refractivity contribution in [2.24, 2.45) is 0 Å². The molecule has 5 nitrogen and oxygen atoms in total. The van der Waals surface area contributed by atoms with E-state index in [1.54, 1.807) is 14.1 Å². The molecule has 0 unspecified atom stereocenters. The highest BCUT2D eigenvalue weighted by Crippen LogP contribution is 2.32. The number of nitrogens with zero attached hydrogens (tertiary/aromatic N) is 2. The van der Waals surface area contributed by atoms with Crippen LogP contribution in [0.15, 0.2) is 84.9 Å². The third kappa shape index (κ3) is 5.64. The van der Waals surface area contributed by atoms with Crippen LogP contribution in [0, 0.1) is 5.21 Å². The van der Waals surface area contributed by atoms with Gasteiger partial charge in [-0.2, -0.15) is 0 Å². The summed E-state index contributed by atoms with van der Waals surface area (Å²) < 4.78 is -0.547. The van der Waals surface area contributed by atoms with Gasteiger partial charge in [0.25, 0.3) is 5.91 Å². The minimum Gasteiger partial charge on any atom is -0.633 e. The molecule has 33 heavy (non-hydrogen) atoms. The molecule has 0 bridgehead atoms. The smallest absolute Gasteiger partial charge is 0.252 e. The number of rotatable bonds is 8. The minimum atomic E-state index is -0.547. The summed E-state index contributed by atoms with van der Waals surface area (Å²) in [6.07, 6.45) is 1.73. The molecule has 5 heteroatoms. The highest BCUT2D eigenvalue weighted by molar-refractivity contribution is 6.09. The highest BCUT2D eigenvalue weighted by Gasteiger charge is 2.24. The Balaban J connectivity index is 1.71. The second-order valence-electron chi connectivity index (χ2n) is 8.77. The summed E-state index contributed by atoms with van der Waals surface area (Å²) in [5.41, 5.74) is 4.79. The maximum absolute atomic E-state index is 13.5. The minimum absolute atomic E-state index is 0.148. The standard InChI is InChI=1S/C28H29N3O2/c1-31(2,33)20-24-26(28(32)29-19-11-14-21-12-5-3-6-13-21)23-17-9-10-18-25(23)30-27(24)22-15-7-4-8-16-22/h3-10,12-13,15-18H,11,14,19-20H2,1-2H3,(H,29,32). The fourth-order valence-electron chi connectivity index (χ4n) is 4.11. The number of carbonyl (C=O) groups is 1. The Morgan fingerprint density at radius 2 is 1.55 bits per heavy atom. The molecule has 1 amide bonds. The summed E-state index contributed by atoms with van der Waals surface area (Å²) in [5, 5.41) is 16.6. The lowest BCUT2D eigenvalue weighted by Gasteiger charge is -2.35. The zero-order chi connectivity index (χ0) is 23.3. The topological polar surface area (TPSA) is 65.0 Å². The fourth-order valence-corrected chi connectivity index (χ4v) is 4.11. The van der Waals surface area contributed by atoms with Gasteiger partial charge in [0.1, 0.15) is 6.54 Å². The summed E-state index contributed by atoms with van der Waals surface area (Å²) in [4.78, 5) is 18.4. The molecule has 0 aliphatic carbocycles. The third-order valence-corrected chi connectivity index (χ3v) is 5.58.